The van der Waals surface area contributed by atoms with Gasteiger partial charge < -0.3 is 9.79 Å². The molecular formula is C14H32NO3P. The van der Waals surface area contributed by atoms with Gasteiger partial charge in [-0.05, 0) is 6.42 Å². The average molecular weight is 293 g/mol. The van der Waals surface area contributed by atoms with Crippen molar-refractivity contribution in [3.8, 4) is 0 Å². The SMILES string of the molecule is CCCCCCCCCCCCCCNP(=O)(O)O. The van der Waals surface area contributed by atoms with E-state index in [2.05, 4.69) is 12.0 Å². The summed E-state index contributed by atoms with van der Waals surface area (Å²) in [4.78, 5) is 17.2. The Morgan fingerprint density at radius 1 is 0.737 bits per heavy atom. The van der Waals surface area contributed by atoms with Crippen molar-refractivity contribution in [2.45, 2.75) is 84.0 Å². The van der Waals surface area contributed by atoms with Gasteiger partial charge in [0, 0.05) is 6.54 Å². The minimum absolute atomic E-state index is 0.418. The maximum absolute atomic E-state index is 10.5. The van der Waals surface area contributed by atoms with E-state index in [0.29, 0.717) is 6.54 Å². The number of hydrogen-bond acceptors (Lipinski definition) is 1. The topological polar surface area (TPSA) is 69.6 Å². The summed E-state index contributed by atoms with van der Waals surface area (Å²) in [6, 6.07) is 0. The molecule has 0 aromatic heterocycles. The summed E-state index contributed by atoms with van der Waals surface area (Å²) >= 11 is 0. The smallest absolute Gasteiger partial charge is 0.313 e. The first-order valence-corrected chi connectivity index (χ1v) is 9.48. The molecule has 0 fully saturated rings. The zero-order valence-electron chi connectivity index (χ0n) is 12.4. The Morgan fingerprint density at radius 2 is 1.11 bits per heavy atom. The summed E-state index contributed by atoms with van der Waals surface area (Å²) in [6.45, 7) is 2.66. The lowest BCUT2D eigenvalue weighted by Gasteiger charge is -2.05. The lowest BCUT2D eigenvalue weighted by molar-refractivity contribution is 0.356. The van der Waals surface area contributed by atoms with Crippen LogP contribution in [0.3, 0.4) is 0 Å². The van der Waals surface area contributed by atoms with Crippen molar-refractivity contribution >= 4 is 7.75 Å². The third-order valence-electron chi connectivity index (χ3n) is 3.35. The monoisotopic (exact) mass is 293 g/mol. The first-order valence-electron chi connectivity index (χ1n) is 7.87. The van der Waals surface area contributed by atoms with Crippen molar-refractivity contribution in [1.82, 2.24) is 5.09 Å². The van der Waals surface area contributed by atoms with E-state index in [1.54, 1.807) is 0 Å². The number of hydrogen-bond donors (Lipinski definition) is 3. The van der Waals surface area contributed by atoms with Gasteiger partial charge in [-0.1, -0.05) is 77.6 Å². The first-order chi connectivity index (χ1) is 9.06. The normalized spacial score (nSPS) is 11.9. The Labute approximate surface area is 118 Å². The summed E-state index contributed by atoms with van der Waals surface area (Å²) in [7, 11) is -4.00. The molecule has 0 saturated carbocycles. The molecule has 0 atom stereocenters. The molecule has 0 saturated heterocycles. The molecule has 0 unspecified atom stereocenters. The van der Waals surface area contributed by atoms with Crippen LogP contribution in [0.25, 0.3) is 0 Å². The maximum Gasteiger partial charge on any atom is 0.400 e. The molecule has 0 rings (SSSR count). The van der Waals surface area contributed by atoms with Crippen LogP contribution in [0, 0.1) is 0 Å². The molecule has 0 aliphatic rings. The quantitative estimate of drug-likeness (QED) is 0.328. The van der Waals surface area contributed by atoms with E-state index in [0.717, 1.165) is 12.8 Å². The highest BCUT2D eigenvalue weighted by molar-refractivity contribution is 7.49. The van der Waals surface area contributed by atoms with Gasteiger partial charge in [0.15, 0.2) is 0 Å². The molecule has 116 valence electrons. The van der Waals surface area contributed by atoms with Crippen LogP contribution in [-0.4, -0.2) is 16.3 Å². The van der Waals surface area contributed by atoms with Crippen molar-refractivity contribution in [3.63, 3.8) is 0 Å². The van der Waals surface area contributed by atoms with Crippen LogP contribution in [0.5, 0.6) is 0 Å². The third kappa shape index (κ3) is 18.1. The van der Waals surface area contributed by atoms with Crippen LogP contribution in [0.2, 0.25) is 0 Å². The van der Waals surface area contributed by atoms with Gasteiger partial charge in [0.05, 0.1) is 0 Å². The zero-order valence-corrected chi connectivity index (χ0v) is 13.3. The molecular weight excluding hydrogens is 261 g/mol. The molecule has 0 aliphatic heterocycles. The Balaban J connectivity index is 3.01. The molecule has 19 heavy (non-hydrogen) atoms. The third-order valence-corrected chi connectivity index (χ3v) is 3.98. The van der Waals surface area contributed by atoms with E-state index < -0.39 is 7.75 Å². The maximum atomic E-state index is 10.5. The molecule has 0 aliphatic carbocycles. The van der Waals surface area contributed by atoms with Crippen molar-refractivity contribution in [3.05, 3.63) is 0 Å². The van der Waals surface area contributed by atoms with Crippen LogP contribution < -0.4 is 5.09 Å². The predicted octanol–water partition coefficient (Wildman–Crippen LogP) is 4.37. The Bertz CT molecular complexity index is 231. The highest BCUT2D eigenvalue weighted by Crippen LogP contribution is 2.27. The van der Waals surface area contributed by atoms with Crippen molar-refractivity contribution in [1.29, 1.82) is 0 Å². The zero-order chi connectivity index (χ0) is 14.4. The van der Waals surface area contributed by atoms with E-state index in [-0.39, 0.29) is 0 Å². The van der Waals surface area contributed by atoms with E-state index in [1.165, 1.54) is 64.2 Å². The second-order valence-corrected chi connectivity index (χ2v) is 6.75. The molecule has 0 radical (unpaired) electrons. The van der Waals surface area contributed by atoms with E-state index >= 15 is 0 Å². The van der Waals surface area contributed by atoms with E-state index in [1.807, 2.05) is 0 Å². The average Bonchev–Trinajstić information content (AvgIpc) is 2.34. The minimum Gasteiger partial charge on any atom is -0.313 e. The van der Waals surface area contributed by atoms with Crippen molar-refractivity contribution in [2.24, 2.45) is 0 Å². The largest absolute Gasteiger partial charge is 0.400 e. The summed E-state index contributed by atoms with van der Waals surface area (Å²) in [5.74, 6) is 0. The Kier molecular flexibility index (Phi) is 13.2. The fourth-order valence-corrected chi connectivity index (χ4v) is 2.64. The van der Waals surface area contributed by atoms with Crippen LogP contribution in [-0.2, 0) is 4.57 Å². The summed E-state index contributed by atoms with van der Waals surface area (Å²) in [5.41, 5.74) is 0. The van der Waals surface area contributed by atoms with Gasteiger partial charge in [0.2, 0.25) is 0 Å². The number of rotatable bonds is 14. The van der Waals surface area contributed by atoms with Crippen molar-refractivity contribution < 1.29 is 14.4 Å². The fourth-order valence-electron chi connectivity index (χ4n) is 2.19. The molecule has 0 heterocycles. The molecule has 0 aromatic rings. The summed E-state index contributed by atoms with van der Waals surface area (Å²) in [6.07, 6.45) is 15.2. The lowest BCUT2D eigenvalue weighted by atomic mass is 10.1. The Hall–Kier alpha value is 0.110. The van der Waals surface area contributed by atoms with Gasteiger partial charge in [-0.25, -0.2) is 9.65 Å². The molecule has 0 aromatic carbocycles. The van der Waals surface area contributed by atoms with Gasteiger partial charge in [-0.3, -0.25) is 0 Å². The van der Waals surface area contributed by atoms with Crippen LogP contribution in [0.15, 0.2) is 0 Å². The lowest BCUT2D eigenvalue weighted by Crippen LogP contribution is -2.10. The standard InChI is InChI=1S/C14H32NO3P/c1-2-3-4-5-6-7-8-9-10-11-12-13-14-15-19(16,17)18/h2-14H2,1H3,(H3,15,16,17,18). The van der Waals surface area contributed by atoms with Crippen LogP contribution in [0.4, 0.5) is 0 Å². The molecule has 3 N–H and O–H groups in total. The second kappa shape index (κ2) is 13.1. The number of unbranched alkanes of at least 4 members (excludes halogenated alkanes) is 11. The highest BCUT2D eigenvalue weighted by atomic mass is 31.2. The molecule has 0 bridgehead atoms. The predicted molar refractivity (Wildman–Crippen MR) is 81.1 cm³/mol. The van der Waals surface area contributed by atoms with Gasteiger partial charge in [0.25, 0.3) is 0 Å². The summed E-state index contributed by atoms with van der Waals surface area (Å²) < 4.78 is 10.5. The first kappa shape index (κ1) is 19.1. The van der Waals surface area contributed by atoms with Gasteiger partial charge in [0.1, 0.15) is 0 Å². The molecule has 0 amide bonds. The van der Waals surface area contributed by atoms with Crippen LogP contribution in [0.1, 0.15) is 84.0 Å². The minimum atomic E-state index is -4.00. The number of nitrogens with one attached hydrogen (secondary N) is 1. The van der Waals surface area contributed by atoms with Gasteiger partial charge in [-0.15, -0.1) is 0 Å². The van der Waals surface area contributed by atoms with E-state index in [9.17, 15) is 4.57 Å². The van der Waals surface area contributed by atoms with Crippen molar-refractivity contribution in [2.75, 3.05) is 6.54 Å². The second-order valence-electron chi connectivity index (χ2n) is 5.34. The van der Waals surface area contributed by atoms with Gasteiger partial charge in [-0.2, -0.15) is 0 Å². The van der Waals surface area contributed by atoms with Gasteiger partial charge >= 0.3 is 7.75 Å². The molecule has 0 spiro atoms. The van der Waals surface area contributed by atoms with E-state index in [4.69, 9.17) is 9.79 Å². The molecule has 4 nitrogen and oxygen atoms in total. The summed E-state index contributed by atoms with van der Waals surface area (Å²) in [5, 5.41) is 2.22. The fraction of sp³-hybridized carbons (Fsp3) is 1.00. The Morgan fingerprint density at radius 3 is 1.47 bits per heavy atom. The van der Waals surface area contributed by atoms with Crippen LogP contribution >= 0.6 is 7.75 Å². The highest BCUT2D eigenvalue weighted by Gasteiger charge is 2.09. The molecule has 5 heteroatoms.